The summed E-state index contributed by atoms with van der Waals surface area (Å²) in [6.07, 6.45) is 1.39. The maximum absolute atomic E-state index is 12.2. The summed E-state index contributed by atoms with van der Waals surface area (Å²) in [5.41, 5.74) is 4.47. The molecule has 2 aromatic carbocycles. The molecule has 0 bridgehead atoms. The minimum Gasteiger partial charge on any atom is -0.507 e. The number of fused-ring (bicyclic) bond motifs is 1. The molecule has 1 heterocycles. The van der Waals surface area contributed by atoms with Crippen LogP contribution in [0.5, 0.6) is 5.75 Å². The highest BCUT2D eigenvalue weighted by Gasteiger charge is 2.18. The summed E-state index contributed by atoms with van der Waals surface area (Å²) in [5.74, 6) is -0.229. The Morgan fingerprint density at radius 2 is 2.00 bits per heavy atom. The van der Waals surface area contributed by atoms with Crippen molar-refractivity contribution in [3.8, 4) is 5.75 Å². The van der Waals surface area contributed by atoms with E-state index >= 15 is 0 Å². The lowest BCUT2D eigenvalue weighted by Gasteiger charge is -2.10. The molecule has 0 aliphatic rings. The number of para-hydroxylation sites is 2. The molecule has 1 unspecified atom stereocenters. The highest BCUT2D eigenvalue weighted by molar-refractivity contribution is 5.86. The number of amides is 1. The average molecular weight is 309 g/mol. The number of hydrogen-bond donors (Lipinski definition) is 2. The molecule has 0 spiro atoms. The summed E-state index contributed by atoms with van der Waals surface area (Å²) in [6, 6.07) is 13.6. The zero-order valence-corrected chi connectivity index (χ0v) is 12.4. The molecule has 0 fully saturated rings. The molecule has 2 N–H and O–H groups in total. The van der Waals surface area contributed by atoms with Gasteiger partial charge in [0.2, 0.25) is 0 Å². The lowest BCUT2D eigenvalue weighted by molar-refractivity contribution is -0.124. The van der Waals surface area contributed by atoms with Gasteiger partial charge in [-0.25, -0.2) is 10.1 Å². The third-order valence-corrected chi connectivity index (χ3v) is 3.44. The first-order valence-electron chi connectivity index (χ1n) is 7.07. The lowest BCUT2D eigenvalue weighted by atomic mass is 10.2. The van der Waals surface area contributed by atoms with Crippen LogP contribution in [0.2, 0.25) is 0 Å². The molecule has 7 nitrogen and oxygen atoms in total. The molecule has 0 saturated heterocycles. The summed E-state index contributed by atoms with van der Waals surface area (Å²) >= 11 is 0. The van der Waals surface area contributed by atoms with Crippen molar-refractivity contribution >= 4 is 23.2 Å². The van der Waals surface area contributed by atoms with Crippen LogP contribution in [-0.4, -0.2) is 32.2 Å². The average Bonchev–Trinajstić information content (AvgIpc) is 3.00. The molecule has 116 valence electrons. The Morgan fingerprint density at radius 1 is 1.26 bits per heavy atom. The fourth-order valence-electron chi connectivity index (χ4n) is 2.14. The Balaban J connectivity index is 1.72. The molecule has 7 heteroatoms. The minimum atomic E-state index is -0.566. The van der Waals surface area contributed by atoms with Crippen LogP contribution in [0, 0.1) is 0 Å². The Morgan fingerprint density at radius 3 is 2.83 bits per heavy atom. The van der Waals surface area contributed by atoms with Crippen LogP contribution in [0.1, 0.15) is 18.5 Å². The predicted molar refractivity (Wildman–Crippen MR) is 86.1 cm³/mol. The van der Waals surface area contributed by atoms with Crippen molar-refractivity contribution < 1.29 is 9.90 Å². The first kappa shape index (κ1) is 14.7. The Hall–Kier alpha value is -3.22. The molecule has 0 saturated carbocycles. The topological polar surface area (TPSA) is 92.4 Å². The van der Waals surface area contributed by atoms with Crippen molar-refractivity contribution in [1.82, 2.24) is 20.4 Å². The molecule has 1 aromatic heterocycles. The second kappa shape index (κ2) is 6.27. The quantitative estimate of drug-likeness (QED) is 0.568. The largest absolute Gasteiger partial charge is 0.507 e. The van der Waals surface area contributed by atoms with Gasteiger partial charge in [0.25, 0.3) is 5.91 Å². The number of carbonyl (C=O) groups is 1. The molecule has 0 radical (unpaired) electrons. The number of hydrogen-bond acceptors (Lipinski definition) is 5. The van der Waals surface area contributed by atoms with E-state index in [1.54, 1.807) is 35.9 Å². The highest BCUT2D eigenvalue weighted by atomic mass is 16.3. The SMILES string of the molecule is CC(C(=O)NN=Cc1ccccc1O)n1nnc2ccccc21. The van der Waals surface area contributed by atoms with Gasteiger partial charge in [-0.2, -0.15) is 5.10 Å². The molecule has 3 aromatic rings. The normalized spacial score (nSPS) is 12.6. The fourth-order valence-corrected chi connectivity index (χ4v) is 2.14. The van der Waals surface area contributed by atoms with E-state index in [0.29, 0.717) is 5.56 Å². The Kier molecular flexibility index (Phi) is 4.01. The number of hydrazone groups is 1. The highest BCUT2D eigenvalue weighted by Crippen LogP contribution is 2.15. The van der Waals surface area contributed by atoms with Crippen molar-refractivity contribution in [2.45, 2.75) is 13.0 Å². The molecule has 0 aliphatic heterocycles. The van der Waals surface area contributed by atoms with Crippen LogP contribution in [0.3, 0.4) is 0 Å². The zero-order valence-electron chi connectivity index (χ0n) is 12.4. The summed E-state index contributed by atoms with van der Waals surface area (Å²) < 4.78 is 1.54. The van der Waals surface area contributed by atoms with Gasteiger partial charge in [0.15, 0.2) is 0 Å². The van der Waals surface area contributed by atoms with E-state index < -0.39 is 6.04 Å². The van der Waals surface area contributed by atoms with Gasteiger partial charge in [0.05, 0.1) is 11.7 Å². The van der Waals surface area contributed by atoms with Crippen molar-refractivity contribution in [2.75, 3.05) is 0 Å². The molecule has 0 aliphatic carbocycles. The summed E-state index contributed by atoms with van der Waals surface area (Å²) in [5, 5.41) is 21.5. The van der Waals surface area contributed by atoms with Crippen molar-refractivity contribution in [3.63, 3.8) is 0 Å². The van der Waals surface area contributed by atoms with Gasteiger partial charge < -0.3 is 5.11 Å². The number of aromatic nitrogens is 3. The summed E-state index contributed by atoms with van der Waals surface area (Å²) in [4.78, 5) is 12.2. The molecule has 1 amide bonds. The van der Waals surface area contributed by atoms with Crippen LogP contribution in [0.4, 0.5) is 0 Å². The van der Waals surface area contributed by atoms with Gasteiger partial charge in [0, 0.05) is 5.56 Å². The van der Waals surface area contributed by atoms with Gasteiger partial charge >= 0.3 is 0 Å². The van der Waals surface area contributed by atoms with Gasteiger partial charge in [0.1, 0.15) is 17.3 Å². The summed E-state index contributed by atoms with van der Waals surface area (Å²) in [7, 11) is 0. The van der Waals surface area contributed by atoms with Gasteiger partial charge in [-0.1, -0.05) is 29.5 Å². The third kappa shape index (κ3) is 3.03. The maximum Gasteiger partial charge on any atom is 0.264 e. The van der Waals surface area contributed by atoms with E-state index in [2.05, 4.69) is 20.8 Å². The van der Waals surface area contributed by atoms with E-state index in [1.165, 1.54) is 6.21 Å². The van der Waals surface area contributed by atoms with Crippen LogP contribution in [-0.2, 0) is 4.79 Å². The van der Waals surface area contributed by atoms with Crippen LogP contribution >= 0.6 is 0 Å². The van der Waals surface area contributed by atoms with Gasteiger partial charge in [-0.15, -0.1) is 5.10 Å². The Bertz CT molecular complexity index is 872. The monoisotopic (exact) mass is 309 g/mol. The summed E-state index contributed by atoms with van der Waals surface area (Å²) in [6.45, 7) is 1.71. The van der Waals surface area contributed by atoms with Crippen molar-refractivity contribution in [3.05, 3.63) is 54.1 Å². The smallest absolute Gasteiger partial charge is 0.264 e. The zero-order chi connectivity index (χ0) is 16.2. The number of aromatic hydroxyl groups is 1. The Labute approximate surface area is 132 Å². The van der Waals surface area contributed by atoms with Crippen LogP contribution in [0.15, 0.2) is 53.6 Å². The molecule has 1 atom stereocenters. The van der Waals surface area contributed by atoms with E-state index in [-0.39, 0.29) is 11.7 Å². The number of phenols is 1. The molecule has 3 rings (SSSR count). The van der Waals surface area contributed by atoms with E-state index in [0.717, 1.165) is 11.0 Å². The number of rotatable bonds is 4. The fraction of sp³-hybridized carbons (Fsp3) is 0.125. The van der Waals surface area contributed by atoms with Crippen LogP contribution in [0.25, 0.3) is 11.0 Å². The van der Waals surface area contributed by atoms with Crippen molar-refractivity contribution in [2.24, 2.45) is 5.10 Å². The second-order valence-corrected chi connectivity index (χ2v) is 4.99. The van der Waals surface area contributed by atoms with Gasteiger partial charge in [-0.05, 0) is 31.2 Å². The molecule has 23 heavy (non-hydrogen) atoms. The third-order valence-electron chi connectivity index (χ3n) is 3.44. The number of nitrogens with one attached hydrogen (secondary N) is 1. The predicted octanol–water partition coefficient (Wildman–Crippen LogP) is 1.85. The number of benzene rings is 2. The lowest BCUT2D eigenvalue weighted by Crippen LogP contribution is -2.28. The molecular weight excluding hydrogens is 294 g/mol. The minimum absolute atomic E-state index is 0.0980. The maximum atomic E-state index is 12.2. The van der Waals surface area contributed by atoms with Crippen LogP contribution < -0.4 is 5.43 Å². The van der Waals surface area contributed by atoms with E-state index in [1.807, 2.05) is 24.3 Å². The van der Waals surface area contributed by atoms with E-state index in [9.17, 15) is 9.90 Å². The number of carbonyl (C=O) groups excluding carboxylic acids is 1. The standard InChI is InChI=1S/C16H15N5O2/c1-11(21-14-8-4-3-7-13(14)18-20-21)16(23)19-17-10-12-6-2-5-9-15(12)22/h2-11,22H,1H3,(H,19,23). The number of phenolic OH excluding ortho intramolecular Hbond substituents is 1. The second-order valence-electron chi connectivity index (χ2n) is 4.99. The first-order chi connectivity index (χ1) is 11.2. The van der Waals surface area contributed by atoms with E-state index in [4.69, 9.17) is 0 Å². The molecular formula is C16H15N5O2. The number of nitrogens with zero attached hydrogens (tertiary/aromatic N) is 4. The van der Waals surface area contributed by atoms with Gasteiger partial charge in [-0.3, -0.25) is 4.79 Å². The first-order valence-corrected chi connectivity index (χ1v) is 7.07. The van der Waals surface area contributed by atoms with Crippen molar-refractivity contribution in [1.29, 1.82) is 0 Å².